The molecule has 0 aliphatic rings. The summed E-state index contributed by atoms with van der Waals surface area (Å²) in [7, 11) is 0. The van der Waals surface area contributed by atoms with Crippen molar-refractivity contribution in [3.63, 3.8) is 0 Å². The van der Waals surface area contributed by atoms with Gasteiger partial charge in [0.15, 0.2) is 0 Å². The van der Waals surface area contributed by atoms with Crippen molar-refractivity contribution in [1.82, 2.24) is 15.0 Å². The number of aromatic nitrogens is 3. The van der Waals surface area contributed by atoms with Crippen molar-refractivity contribution in [3.8, 4) is 0 Å². The predicted molar refractivity (Wildman–Crippen MR) is 89.6 cm³/mol. The molecule has 1 heterocycles. The van der Waals surface area contributed by atoms with Crippen LogP contribution in [0, 0.1) is 6.92 Å². The molecule has 5 heteroatoms. The van der Waals surface area contributed by atoms with Crippen LogP contribution < -0.4 is 0 Å². The van der Waals surface area contributed by atoms with Gasteiger partial charge in [0.2, 0.25) is 5.88 Å². The van der Waals surface area contributed by atoms with Crippen molar-refractivity contribution >= 4 is 16.9 Å². The van der Waals surface area contributed by atoms with Gasteiger partial charge in [-0.05, 0) is 31.5 Å². The number of aryl methyl sites for hydroxylation is 1. The zero-order valence-corrected chi connectivity index (χ0v) is 13.2. The molecule has 0 aliphatic heterocycles. The minimum absolute atomic E-state index is 0.468. The van der Waals surface area contributed by atoms with Crippen LogP contribution in [0.3, 0.4) is 0 Å². The lowest BCUT2D eigenvalue weighted by Gasteiger charge is -2.12. The highest BCUT2D eigenvalue weighted by atomic mass is 16.5. The Morgan fingerprint density at radius 3 is 2.87 bits per heavy atom. The Balaban J connectivity index is 2.01. The zero-order valence-electron chi connectivity index (χ0n) is 13.2. The van der Waals surface area contributed by atoms with Crippen molar-refractivity contribution < 1.29 is 9.84 Å². The summed E-state index contributed by atoms with van der Waals surface area (Å²) in [5.41, 5.74) is 3.53. The molecule has 0 saturated heterocycles. The number of hydrogen-bond donors (Lipinski definition) is 1. The predicted octanol–water partition coefficient (Wildman–Crippen LogP) is 3.31. The molecule has 1 atom stereocenters. The molecule has 0 aliphatic carbocycles. The number of para-hydroxylation sites is 1. The Morgan fingerprint density at radius 1 is 1.26 bits per heavy atom. The first-order valence-electron chi connectivity index (χ1n) is 7.59. The normalized spacial score (nSPS) is 13.3. The fraction of sp³-hybridized carbons (Fsp3) is 0.222. The van der Waals surface area contributed by atoms with Gasteiger partial charge in [-0.1, -0.05) is 47.2 Å². The van der Waals surface area contributed by atoms with Crippen LogP contribution in [0.5, 0.6) is 0 Å². The third kappa shape index (κ3) is 3.24. The molecule has 0 fully saturated rings. The summed E-state index contributed by atoms with van der Waals surface area (Å²) in [6.45, 7) is 4.36. The van der Waals surface area contributed by atoms with Crippen LogP contribution in [0.25, 0.3) is 16.9 Å². The third-order valence-electron chi connectivity index (χ3n) is 3.54. The fourth-order valence-electron chi connectivity index (χ4n) is 2.44. The van der Waals surface area contributed by atoms with Gasteiger partial charge in [0.05, 0.1) is 12.1 Å². The lowest BCUT2D eigenvalue weighted by Crippen LogP contribution is -2.06. The lowest BCUT2D eigenvalue weighted by atomic mass is 10.1. The van der Waals surface area contributed by atoms with E-state index in [1.54, 1.807) is 10.8 Å². The lowest BCUT2D eigenvalue weighted by molar-refractivity contribution is 0.216. The molecule has 118 valence electrons. The second kappa shape index (κ2) is 6.62. The Morgan fingerprint density at radius 2 is 2.09 bits per heavy atom. The SMILES string of the molecule is CCOC(=CC(O)c1cccc(C)c1)n1nnc2ccccc21. The van der Waals surface area contributed by atoms with Gasteiger partial charge < -0.3 is 9.84 Å². The van der Waals surface area contributed by atoms with E-state index in [4.69, 9.17) is 4.74 Å². The van der Waals surface area contributed by atoms with Crippen LogP contribution >= 0.6 is 0 Å². The highest BCUT2D eigenvalue weighted by Crippen LogP contribution is 2.22. The molecule has 1 aromatic heterocycles. The molecule has 2 aromatic carbocycles. The van der Waals surface area contributed by atoms with Crippen LogP contribution in [0.15, 0.2) is 54.6 Å². The maximum Gasteiger partial charge on any atom is 0.215 e. The number of aliphatic hydroxyl groups excluding tert-OH is 1. The van der Waals surface area contributed by atoms with Crippen LogP contribution in [0.1, 0.15) is 24.2 Å². The summed E-state index contributed by atoms with van der Waals surface area (Å²) >= 11 is 0. The summed E-state index contributed by atoms with van der Waals surface area (Å²) in [5, 5.41) is 18.8. The molecular formula is C18H19N3O2. The highest BCUT2D eigenvalue weighted by Gasteiger charge is 2.13. The molecule has 0 spiro atoms. The van der Waals surface area contributed by atoms with E-state index >= 15 is 0 Å². The number of ether oxygens (including phenoxy) is 1. The summed E-state index contributed by atoms with van der Waals surface area (Å²) in [5.74, 6) is 0.468. The summed E-state index contributed by atoms with van der Waals surface area (Å²) in [6, 6.07) is 15.4. The molecule has 5 nitrogen and oxygen atoms in total. The smallest absolute Gasteiger partial charge is 0.215 e. The summed E-state index contributed by atoms with van der Waals surface area (Å²) in [4.78, 5) is 0. The van der Waals surface area contributed by atoms with Gasteiger partial charge >= 0.3 is 0 Å². The molecule has 0 bridgehead atoms. The van der Waals surface area contributed by atoms with Crippen LogP contribution in [0.4, 0.5) is 0 Å². The first kappa shape index (κ1) is 15.2. The molecule has 3 rings (SSSR count). The van der Waals surface area contributed by atoms with E-state index in [1.165, 1.54) is 0 Å². The second-order valence-corrected chi connectivity index (χ2v) is 5.29. The van der Waals surface area contributed by atoms with Gasteiger partial charge in [-0.15, -0.1) is 5.10 Å². The Bertz CT molecular complexity index is 839. The topological polar surface area (TPSA) is 60.2 Å². The van der Waals surface area contributed by atoms with Gasteiger partial charge in [-0.3, -0.25) is 0 Å². The summed E-state index contributed by atoms with van der Waals surface area (Å²) in [6.07, 6.45) is 0.874. The number of nitrogens with zero attached hydrogens (tertiary/aromatic N) is 3. The zero-order chi connectivity index (χ0) is 16.2. The van der Waals surface area contributed by atoms with Gasteiger partial charge in [-0.25, -0.2) is 0 Å². The number of hydrogen-bond acceptors (Lipinski definition) is 4. The first-order chi connectivity index (χ1) is 11.2. The number of rotatable bonds is 5. The summed E-state index contributed by atoms with van der Waals surface area (Å²) < 4.78 is 7.29. The van der Waals surface area contributed by atoms with Gasteiger partial charge in [0.1, 0.15) is 11.6 Å². The van der Waals surface area contributed by atoms with Crippen molar-refractivity contribution in [2.24, 2.45) is 0 Å². The average molecular weight is 309 g/mol. The average Bonchev–Trinajstić information content (AvgIpc) is 2.98. The van der Waals surface area contributed by atoms with E-state index in [-0.39, 0.29) is 0 Å². The molecule has 0 amide bonds. The largest absolute Gasteiger partial charge is 0.478 e. The van der Waals surface area contributed by atoms with E-state index in [0.717, 1.165) is 22.2 Å². The van der Waals surface area contributed by atoms with Crippen molar-refractivity contribution in [1.29, 1.82) is 0 Å². The molecule has 3 aromatic rings. The molecule has 0 radical (unpaired) electrons. The molecule has 1 unspecified atom stereocenters. The van der Waals surface area contributed by atoms with E-state index in [1.807, 2.05) is 62.4 Å². The van der Waals surface area contributed by atoms with Crippen LogP contribution in [0.2, 0.25) is 0 Å². The van der Waals surface area contributed by atoms with E-state index in [0.29, 0.717) is 12.5 Å². The Labute approximate surface area is 134 Å². The molecule has 0 saturated carbocycles. The maximum absolute atomic E-state index is 10.5. The second-order valence-electron chi connectivity index (χ2n) is 5.29. The highest BCUT2D eigenvalue weighted by molar-refractivity contribution is 5.76. The number of benzene rings is 2. The first-order valence-corrected chi connectivity index (χ1v) is 7.59. The van der Waals surface area contributed by atoms with Crippen LogP contribution in [-0.4, -0.2) is 26.7 Å². The minimum atomic E-state index is -0.778. The molecule has 23 heavy (non-hydrogen) atoms. The quantitative estimate of drug-likeness (QED) is 0.735. The van der Waals surface area contributed by atoms with Gasteiger partial charge in [-0.2, -0.15) is 4.68 Å². The van der Waals surface area contributed by atoms with Crippen molar-refractivity contribution in [2.75, 3.05) is 6.61 Å². The van der Waals surface area contributed by atoms with E-state index in [2.05, 4.69) is 10.3 Å². The number of fused-ring (bicyclic) bond motifs is 1. The third-order valence-corrected chi connectivity index (χ3v) is 3.54. The Hall–Kier alpha value is -2.66. The van der Waals surface area contributed by atoms with Crippen molar-refractivity contribution in [3.05, 3.63) is 65.7 Å². The van der Waals surface area contributed by atoms with E-state index in [9.17, 15) is 5.11 Å². The van der Waals surface area contributed by atoms with Crippen molar-refractivity contribution in [2.45, 2.75) is 20.0 Å². The Kier molecular flexibility index (Phi) is 4.39. The number of aliphatic hydroxyl groups is 1. The van der Waals surface area contributed by atoms with Gasteiger partial charge in [0, 0.05) is 6.08 Å². The standard InChI is InChI=1S/C18H19N3O2/c1-3-23-18(12-17(22)14-8-6-7-13(2)11-14)21-16-10-5-4-9-15(16)19-20-21/h4-12,17,22H,3H2,1-2H3. The maximum atomic E-state index is 10.5. The van der Waals surface area contributed by atoms with E-state index < -0.39 is 6.10 Å². The minimum Gasteiger partial charge on any atom is -0.478 e. The molecular weight excluding hydrogens is 290 g/mol. The van der Waals surface area contributed by atoms with Gasteiger partial charge in [0.25, 0.3) is 0 Å². The molecule has 1 N–H and O–H groups in total. The van der Waals surface area contributed by atoms with Crippen LogP contribution in [-0.2, 0) is 4.74 Å². The fourth-order valence-corrected chi connectivity index (χ4v) is 2.44. The monoisotopic (exact) mass is 309 g/mol.